The van der Waals surface area contributed by atoms with Gasteiger partial charge in [-0.1, -0.05) is 17.7 Å². The molecule has 0 atom stereocenters. The van der Waals surface area contributed by atoms with E-state index in [1.165, 1.54) is 24.4 Å². The molecular weight excluding hydrogens is 354 g/mol. The van der Waals surface area contributed by atoms with Crippen LogP contribution in [0, 0.1) is 10.1 Å². The van der Waals surface area contributed by atoms with E-state index in [9.17, 15) is 24.5 Å². The number of carbonyl (C=O) groups excluding carboxylic acids is 1. The lowest BCUT2D eigenvalue weighted by Gasteiger charge is -2.10. The summed E-state index contributed by atoms with van der Waals surface area (Å²) in [6, 6.07) is 5.12. The minimum absolute atomic E-state index is 0.0473. The number of nitrogens with zero attached hydrogens (tertiary/aromatic N) is 3. The van der Waals surface area contributed by atoms with Gasteiger partial charge >= 0.3 is 11.7 Å². The van der Waals surface area contributed by atoms with Crippen molar-refractivity contribution in [2.24, 2.45) is 0 Å². The van der Waals surface area contributed by atoms with Gasteiger partial charge in [-0.2, -0.15) is 0 Å². The van der Waals surface area contributed by atoms with Crippen LogP contribution in [0.15, 0.2) is 40.1 Å². The Morgan fingerprint density at radius 1 is 1.32 bits per heavy atom. The maximum atomic E-state index is 12.4. The van der Waals surface area contributed by atoms with E-state index in [0.717, 1.165) is 15.2 Å². The lowest BCUT2D eigenvalue weighted by Crippen LogP contribution is -2.40. The molecule has 10 heteroatoms. The molecule has 0 aliphatic carbocycles. The molecule has 2 aromatic rings. The minimum atomic E-state index is -0.724. The Morgan fingerprint density at radius 3 is 2.68 bits per heavy atom. The number of carbonyl (C=O) groups is 1. The van der Waals surface area contributed by atoms with Crippen LogP contribution in [0.3, 0.4) is 0 Å². The number of esters is 1. The molecule has 0 aliphatic rings. The molecule has 0 unspecified atom stereocenters. The Balaban J connectivity index is 2.38. The lowest BCUT2D eigenvalue weighted by atomic mass is 10.2. The highest BCUT2D eigenvalue weighted by molar-refractivity contribution is 6.32. The summed E-state index contributed by atoms with van der Waals surface area (Å²) in [6.45, 7) is 1.27. The SMILES string of the molecule is CCOC(=O)Cn1ccc(=O)n(Cc2ccc(Cl)c([N+](=O)[O-])c2)c1=O. The maximum Gasteiger partial charge on any atom is 0.331 e. The van der Waals surface area contributed by atoms with E-state index in [1.54, 1.807) is 6.92 Å². The lowest BCUT2D eigenvalue weighted by molar-refractivity contribution is -0.384. The first-order valence-electron chi connectivity index (χ1n) is 7.22. The number of ether oxygens (including phenoxy) is 1. The Morgan fingerprint density at radius 2 is 2.04 bits per heavy atom. The molecule has 1 aromatic heterocycles. The van der Waals surface area contributed by atoms with Gasteiger partial charge in [-0.15, -0.1) is 0 Å². The minimum Gasteiger partial charge on any atom is -0.465 e. The van der Waals surface area contributed by atoms with Crippen molar-refractivity contribution in [3.8, 4) is 0 Å². The van der Waals surface area contributed by atoms with Crippen LogP contribution in [0.5, 0.6) is 0 Å². The number of hydrogen-bond donors (Lipinski definition) is 0. The van der Waals surface area contributed by atoms with E-state index in [2.05, 4.69) is 0 Å². The number of nitro groups is 1. The standard InChI is InChI=1S/C15H14ClN3O6/c1-2-25-14(21)9-17-6-5-13(20)18(15(17)22)8-10-3-4-11(16)12(7-10)19(23)24/h3-7H,2,8-9H2,1H3. The van der Waals surface area contributed by atoms with Crippen LogP contribution in [0.1, 0.15) is 12.5 Å². The third-order valence-electron chi connectivity index (χ3n) is 3.29. The number of hydrogen-bond acceptors (Lipinski definition) is 6. The molecule has 9 nitrogen and oxygen atoms in total. The zero-order valence-corrected chi connectivity index (χ0v) is 13.9. The van der Waals surface area contributed by atoms with Crippen molar-refractivity contribution >= 4 is 23.3 Å². The quantitative estimate of drug-likeness (QED) is 0.430. The van der Waals surface area contributed by atoms with Crippen LogP contribution in [0.2, 0.25) is 5.02 Å². The van der Waals surface area contributed by atoms with Crippen molar-refractivity contribution < 1.29 is 14.5 Å². The molecule has 132 valence electrons. The number of benzene rings is 1. The van der Waals surface area contributed by atoms with Crippen LogP contribution in [0.4, 0.5) is 5.69 Å². The van der Waals surface area contributed by atoms with Crippen molar-refractivity contribution in [2.45, 2.75) is 20.0 Å². The predicted molar refractivity (Wildman–Crippen MR) is 88.8 cm³/mol. The van der Waals surface area contributed by atoms with Gasteiger partial charge in [-0.05, 0) is 18.6 Å². The summed E-state index contributed by atoms with van der Waals surface area (Å²) in [7, 11) is 0. The van der Waals surface area contributed by atoms with Crippen molar-refractivity contribution in [1.82, 2.24) is 9.13 Å². The largest absolute Gasteiger partial charge is 0.465 e. The molecule has 0 radical (unpaired) electrons. The highest BCUT2D eigenvalue weighted by atomic mass is 35.5. The molecule has 0 amide bonds. The molecule has 0 aliphatic heterocycles. The summed E-state index contributed by atoms with van der Waals surface area (Å²) in [5, 5.41) is 10.9. The van der Waals surface area contributed by atoms with E-state index in [1.807, 2.05) is 0 Å². The number of rotatable bonds is 6. The summed E-state index contributed by atoms with van der Waals surface area (Å²) in [6.07, 6.45) is 1.20. The van der Waals surface area contributed by atoms with E-state index in [0.29, 0.717) is 5.56 Å². The van der Waals surface area contributed by atoms with E-state index < -0.39 is 22.1 Å². The van der Waals surface area contributed by atoms with Crippen LogP contribution in [-0.4, -0.2) is 26.6 Å². The van der Waals surface area contributed by atoms with Gasteiger partial charge in [-0.25, -0.2) is 4.79 Å². The van der Waals surface area contributed by atoms with Crippen molar-refractivity contribution in [2.75, 3.05) is 6.61 Å². The van der Waals surface area contributed by atoms with Crippen molar-refractivity contribution in [3.63, 3.8) is 0 Å². The molecule has 0 saturated heterocycles. The molecule has 1 heterocycles. The number of aromatic nitrogens is 2. The molecule has 0 bridgehead atoms. The Kier molecular flexibility index (Phi) is 5.71. The van der Waals surface area contributed by atoms with Gasteiger partial charge in [0, 0.05) is 18.3 Å². The third-order valence-corrected chi connectivity index (χ3v) is 3.61. The Bertz CT molecular complexity index is 934. The molecule has 0 N–H and O–H groups in total. The smallest absolute Gasteiger partial charge is 0.331 e. The maximum absolute atomic E-state index is 12.4. The van der Waals surface area contributed by atoms with Crippen LogP contribution >= 0.6 is 11.6 Å². The molecule has 1 aromatic carbocycles. The molecule has 0 spiro atoms. The number of nitro benzene ring substituents is 1. The van der Waals surface area contributed by atoms with E-state index >= 15 is 0 Å². The first-order chi connectivity index (χ1) is 11.8. The fourth-order valence-electron chi connectivity index (χ4n) is 2.15. The summed E-state index contributed by atoms with van der Waals surface area (Å²) in [5.41, 5.74) is -1.29. The Labute approximate surface area is 146 Å². The molecule has 25 heavy (non-hydrogen) atoms. The average molecular weight is 368 g/mol. The monoisotopic (exact) mass is 367 g/mol. The van der Waals surface area contributed by atoms with Gasteiger partial charge < -0.3 is 4.74 Å². The van der Waals surface area contributed by atoms with E-state index in [-0.39, 0.29) is 30.4 Å². The highest BCUT2D eigenvalue weighted by Gasteiger charge is 2.15. The summed E-state index contributed by atoms with van der Waals surface area (Å²) in [5.74, 6) is -0.614. The van der Waals surface area contributed by atoms with Gasteiger partial charge in [0.15, 0.2) is 0 Å². The summed E-state index contributed by atoms with van der Waals surface area (Å²) in [4.78, 5) is 46.1. The fourth-order valence-corrected chi connectivity index (χ4v) is 2.33. The molecular formula is C15H14ClN3O6. The zero-order chi connectivity index (χ0) is 18.6. The van der Waals surface area contributed by atoms with Crippen molar-refractivity contribution in [3.05, 3.63) is 72.0 Å². The molecule has 0 fully saturated rings. The second-order valence-corrected chi connectivity index (χ2v) is 5.41. The first-order valence-corrected chi connectivity index (χ1v) is 7.60. The van der Waals surface area contributed by atoms with Crippen LogP contribution in [-0.2, 0) is 22.6 Å². The molecule has 2 rings (SSSR count). The number of halogens is 1. The van der Waals surface area contributed by atoms with Crippen LogP contribution in [0.25, 0.3) is 0 Å². The third kappa shape index (κ3) is 4.32. The predicted octanol–water partition coefficient (Wildman–Crippen LogP) is 1.18. The average Bonchev–Trinajstić information content (AvgIpc) is 2.55. The van der Waals surface area contributed by atoms with Crippen molar-refractivity contribution in [1.29, 1.82) is 0 Å². The second kappa shape index (κ2) is 7.75. The van der Waals surface area contributed by atoms with Gasteiger partial charge in [-0.3, -0.25) is 28.8 Å². The summed E-state index contributed by atoms with van der Waals surface area (Å²) >= 11 is 5.74. The first kappa shape index (κ1) is 18.4. The normalized spacial score (nSPS) is 10.5. The van der Waals surface area contributed by atoms with Gasteiger partial charge in [0.2, 0.25) is 0 Å². The van der Waals surface area contributed by atoms with Gasteiger partial charge in [0.1, 0.15) is 11.6 Å². The highest BCUT2D eigenvalue weighted by Crippen LogP contribution is 2.25. The van der Waals surface area contributed by atoms with E-state index in [4.69, 9.17) is 16.3 Å². The summed E-state index contributed by atoms with van der Waals surface area (Å²) < 4.78 is 6.67. The van der Waals surface area contributed by atoms with Crippen LogP contribution < -0.4 is 11.2 Å². The fraction of sp³-hybridized carbons (Fsp3) is 0.267. The second-order valence-electron chi connectivity index (χ2n) is 5.00. The zero-order valence-electron chi connectivity index (χ0n) is 13.2. The topological polar surface area (TPSA) is 113 Å². The van der Waals surface area contributed by atoms with Gasteiger partial charge in [0.25, 0.3) is 11.2 Å². The Hall–Kier alpha value is -2.94. The van der Waals surface area contributed by atoms with Gasteiger partial charge in [0.05, 0.1) is 18.1 Å². The molecule has 0 saturated carbocycles.